The lowest BCUT2D eigenvalue weighted by atomic mass is 10.1. The quantitative estimate of drug-likeness (QED) is 0.776. The van der Waals surface area contributed by atoms with Crippen molar-refractivity contribution in [1.82, 2.24) is 10.2 Å². The maximum atomic E-state index is 12.5. The Labute approximate surface area is 172 Å². The third-order valence-corrected chi connectivity index (χ3v) is 5.14. The average molecular weight is 399 g/mol. The molecule has 1 saturated heterocycles. The van der Waals surface area contributed by atoms with E-state index < -0.39 is 0 Å². The van der Waals surface area contributed by atoms with Crippen LogP contribution < -0.4 is 24.4 Å². The first-order chi connectivity index (χ1) is 14.1. The zero-order chi connectivity index (χ0) is 20.6. The van der Waals surface area contributed by atoms with Gasteiger partial charge in [0, 0.05) is 38.8 Å². The fourth-order valence-electron chi connectivity index (χ4n) is 3.41. The van der Waals surface area contributed by atoms with Gasteiger partial charge >= 0.3 is 6.03 Å². The van der Waals surface area contributed by atoms with Crippen molar-refractivity contribution in [3.8, 4) is 17.2 Å². The van der Waals surface area contributed by atoms with E-state index in [1.165, 1.54) is 5.56 Å². The highest BCUT2D eigenvalue weighted by Crippen LogP contribution is 2.32. The molecule has 1 aliphatic heterocycles. The van der Waals surface area contributed by atoms with Gasteiger partial charge in [0.05, 0.1) is 27.0 Å². The van der Waals surface area contributed by atoms with Crippen molar-refractivity contribution < 1.29 is 19.0 Å². The Bertz CT molecular complexity index is 802. The van der Waals surface area contributed by atoms with Gasteiger partial charge in [0.1, 0.15) is 17.2 Å². The molecule has 0 aliphatic carbocycles. The average Bonchev–Trinajstić information content (AvgIpc) is 2.79. The van der Waals surface area contributed by atoms with E-state index in [4.69, 9.17) is 14.2 Å². The highest BCUT2D eigenvalue weighted by Gasteiger charge is 2.23. The van der Waals surface area contributed by atoms with Gasteiger partial charge in [0.15, 0.2) is 0 Å². The van der Waals surface area contributed by atoms with E-state index in [1.54, 1.807) is 21.3 Å². The summed E-state index contributed by atoms with van der Waals surface area (Å²) in [7, 11) is 4.97. The van der Waals surface area contributed by atoms with Crippen molar-refractivity contribution in [3.63, 3.8) is 0 Å². The molecule has 0 bridgehead atoms. The van der Waals surface area contributed by atoms with Crippen LogP contribution in [0.25, 0.3) is 0 Å². The molecule has 2 amide bonds. The SMILES string of the molecule is COc1ccc(CCNC(=O)N2CCN(c3cc(OC)ccc3OC)CC2)cc1. The number of nitrogens with one attached hydrogen (secondary N) is 1. The van der Waals surface area contributed by atoms with Crippen molar-refractivity contribution in [2.45, 2.75) is 6.42 Å². The lowest BCUT2D eigenvalue weighted by Crippen LogP contribution is -2.52. The third-order valence-electron chi connectivity index (χ3n) is 5.14. The second-order valence-corrected chi connectivity index (χ2v) is 6.84. The number of hydrogen-bond donors (Lipinski definition) is 1. The van der Waals surface area contributed by atoms with Crippen LogP contribution in [0, 0.1) is 0 Å². The van der Waals surface area contributed by atoms with Crippen LogP contribution in [0.3, 0.4) is 0 Å². The van der Waals surface area contributed by atoms with Crippen LogP contribution in [0.2, 0.25) is 0 Å². The minimum absolute atomic E-state index is 0.0178. The Morgan fingerprint density at radius 1 is 0.897 bits per heavy atom. The highest BCUT2D eigenvalue weighted by molar-refractivity contribution is 5.74. The fraction of sp³-hybridized carbons (Fsp3) is 0.409. The molecule has 7 nitrogen and oxygen atoms in total. The number of ether oxygens (including phenoxy) is 3. The van der Waals surface area contributed by atoms with Gasteiger partial charge in [-0.25, -0.2) is 4.79 Å². The largest absolute Gasteiger partial charge is 0.497 e. The Morgan fingerprint density at radius 2 is 1.55 bits per heavy atom. The number of carbonyl (C=O) groups excluding carboxylic acids is 1. The summed E-state index contributed by atoms with van der Waals surface area (Å²) < 4.78 is 16.0. The van der Waals surface area contributed by atoms with Gasteiger partial charge in [0.2, 0.25) is 0 Å². The maximum Gasteiger partial charge on any atom is 0.317 e. The van der Waals surface area contributed by atoms with Crippen LogP contribution in [-0.2, 0) is 6.42 Å². The van der Waals surface area contributed by atoms with Crippen LogP contribution in [0.5, 0.6) is 17.2 Å². The molecule has 1 fully saturated rings. The molecule has 0 radical (unpaired) electrons. The Morgan fingerprint density at radius 3 is 2.17 bits per heavy atom. The molecule has 29 heavy (non-hydrogen) atoms. The number of nitrogens with zero attached hydrogens (tertiary/aromatic N) is 2. The molecule has 0 atom stereocenters. The molecule has 0 aromatic heterocycles. The Balaban J connectivity index is 1.48. The first kappa shape index (κ1) is 20.6. The van der Waals surface area contributed by atoms with Gasteiger partial charge in [-0.05, 0) is 36.2 Å². The van der Waals surface area contributed by atoms with Crippen LogP contribution in [0.4, 0.5) is 10.5 Å². The maximum absolute atomic E-state index is 12.5. The van der Waals surface area contributed by atoms with Gasteiger partial charge in [-0.3, -0.25) is 0 Å². The predicted molar refractivity (Wildman–Crippen MR) is 113 cm³/mol. The Kier molecular flexibility index (Phi) is 7.05. The molecular weight excluding hydrogens is 370 g/mol. The molecule has 1 heterocycles. The summed E-state index contributed by atoms with van der Waals surface area (Å²) in [5.74, 6) is 2.44. The van der Waals surface area contributed by atoms with E-state index in [-0.39, 0.29) is 6.03 Å². The third kappa shape index (κ3) is 5.25. The fourth-order valence-corrected chi connectivity index (χ4v) is 3.41. The minimum atomic E-state index is -0.0178. The van der Waals surface area contributed by atoms with E-state index in [9.17, 15) is 4.79 Å². The second kappa shape index (κ2) is 9.91. The molecule has 3 rings (SSSR count). The van der Waals surface area contributed by atoms with Crippen LogP contribution >= 0.6 is 0 Å². The first-order valence-electron chi connectivity index (χ1n) is 9.77. The van der Waals surface area contributed by atoms with Gasteiger partial charge < -0.3 is 29.3 Å². The summed E-state index contributed by atoms with van der Waals surface area (Å²) in [6.45, 7) is 3.42. The van der Waals surface area contributed by atoms with Crippen LogP contribution in [0.1, 0.15) is 5.56 Å². The molecule has 0 unspecified atom stereocenters. The van der Waals surface area contributed by atoms with E-state index in [2.05, 4.69) is 10.2 Å². The lowest BCUT2D eigenvalue weighted by Gasteiger charge is -2.36. The van der Waals surface area contributed by atoms with Gasteiger partial charge in [-0.2, -0.15) is 0 Å². The summed E-state index contributed by atoms with van der Waals surface area (Å²) in [6, 6.07) is 13.7. The molecule has 1 N–H and O–H groups in total. The summed E-state index contributed by atoms with van der Waals surface area (Å²) >= 11 is 0. The summed E-state index contributed by atoms with van der Waals surface area (Å²) in [5.41, 5.74) is 2.16. The van der Waals surface area contributed by atoms with Crippen molar-refractivity contribution in [3.05, 3.63) is 48.0 Å². The topological polar surface area (TPSA) is 63.3 Å². The van der Waals surface area contributed by atoms with E-state index in [0.29, 0.717) is 19.6 Å². The van der Waals surface area contributed by atoms with Crippen molar-refractivity contribution in [1.29, 1.82) is 0 Å². The van der Waals surface area contributed by atoms with E-state index in [1.807, 2.05) is 47.4 Å². The zero-order valence-corrected chi connectivity index (χ0v) is 17.3. The highest BCUT2D eigenvalue weighted by atomic mass is 16.5. The minimum Gasteiger partial charge on any atom is -0.497 e. The van der Waals surface area contributed by atoms with Crippen molar-refractivity contribution in [2.24, 2.45) is 0 Å². The second-order valence-electron chi connectivity index (χ2n) is 6.84. The normalized spacial score (nSPS) is 13.8. The monoisotopic (exact) mass is 399 g/mol. The number of anilines is 1. The number of hydrogen-bond acceptors (Lipinski definition) is 5. The molecule has 0 spiro atoms. The summed E-state index contributed by atoms with van der Waals surface area (Å²) in [4.78, 5) is 16.6. The number of urea groups is 1. The van der Waals surface area contributed by atoms with Gasteiger partial charge in [0.25, 0.3) is 0 Å². The number of piperazine rings is 1. The molecule has 7 heteroatoms. The van der Waals surface area contributed by atoms with Crippen molar-refractivity contribution in [2.75, 3.05) is 59.0 Å². The lowest BCUT2D eigenvalue weighted by molar-refractivity contribution is 0.194. The molecule has 1 aliphatic rings. The Hall–Kier alpha value is -3.09. The number of amides is 2. The molecule has 156 valence electrons. The van der Waals surface area contributed by atoms with Gasteiger partial charge in [-0.1, -0.05) is 12.1 Å². The molecule has 2 aromatic rings. The molecule has 2 aromatic carbocycles. The number of methoxy groups -OCH3 is 3. The number of benzene rings is 2. The van der Waals surface area contributed by atoms with Crippen LogP contribution in [-0.4, -0.2) is 65.0 Å². The molecule has 0 saturated carbocycles. The molecular formula is C22H29N3O4. The zero-order valence-electron chi connectivity index (χ0n) is 17.3. The van der Waals surface area contributed by atoms with E-state index >= 15 is 0 Å². The smallest absolute Gasteiger partial charge is 0.317 e. The summed E-state index contributed by atoms with van der Waals surface area (Å²) in [6.07, 6.45) is 0.788. The number of rotatable bonds is 7. The number of carbonyl (C=O) groups is 1. The standard InChI is InChI=1S/C22H29N3O4/c1-27-18-6-4-17(5-7-18)10-11-23-22(26)25-14-12-24(13-15-25)20-16-19(28-2)8-9-21(20)29-3/h4-9,16H,10-15H2,1-3H3,(H,23,26). The van der Waals surface area contributed by atoms with E-state index in [0.717, 1.165) is 42.4 Å². The van der Waals surface area contributed by atoms with Crippen molar-refractivity contribution >= 4 is 11.7 Å². The van der Waals surface area contributed by atoms with Gasteiger partial charge in [-0.15, -0.1) is 0 Å². The first-order valence-corrected chi connectivity index (χ1v) is 9.77. The summed E-state index contributed by atoms with van der Waals surface area (Å²) in [5, 5.41) is 3.02. The van der Waals surface area contributed by atoms with Crippen LogP contribution in [0.15, 0.2) is 42.5 Å². The predicted octanol–water partition coefficient (Wildman–Crippen LogP) is 2.79.